The van der Waals surface area contributed by atoms with Gasteiger partial charge < -0.3 is 29.6 Å². The molecule has 1 aliphatic rings. The molecule has 7 heteroatoms. The molecule has 0 radical (unpaired) electrons. The molecule has 7 nitrogen and oxygen atoms in total. The molecule has 1 heterocycles. The minimum absolute atomic E-state index is 0.241. The summed E-state index contributed by atoms with van der Waals surface area (Å²) in [5.41, 5.74) is 1.41. The normalized spacial score (nSPS) is 16.7. The van der Waals surface area contributed by atoms with E-state index in [1.165, 1.54) is 0 Å². The van der Waals surface area contributed by atoms with Crippen molar-refractivity contribution in [2.75, 3.05) is 38.1 Å². The first kappa shape index (κ1) is 21.4. The van der Waals surface area contributed by atoms with Crippen molar-refractivity contribution in [3.8, 4) is 23.0 Å². The van der Waals surface area contributed by atoms with E-state index in [0.717, 1.165) is 11.4 Å². The smallest absolute Gasteiger partial charge is 0.255 e. The number of nitrogens with one attached hydrogen (secondary N) is 2. The third kappa shape index (κ3) is 4.72. The first-order chi connectivity index (χ1) is 15.5. The number of fused-ring (bicyclic) bond motifs is 1. The lowest BCUT2D eigenvalue weighted by Crippen LogP contribution is -2.48. The van der Waals surface area contributed by atoms with Gasteiger partial charge in [-0.1, -0.05) is 18.2 Å². The van der Waals surface area contributed by atoms with E-state index >= 15 is 0 Å². The number of benzene rings is 3. The molecule has 3 aromatic carbocycles. The van der Waals surface area contributed by atoms with Gasteiger partial charge in [-0.25, -0.2) is 0 Å². The Morgan fingerprint density at radius 2 is 1.81 bits per heavy atom. The zero-order valence-electron chi connectivity index (χ0n) is 18.3. The Kier molecular flexibility index (Phi) is 6.07. The molecule has 1 amide bonds. The number of carbonyl (C=O) groups excluding carboxylic acids is 1. The Bertz CT molecular complexity index is 1100. The lowest BCUT2D eigenvalue weighted by atomic mass is 10.0. The third-order valence-electron chi connectivity index (χ3n) is 5.17. The molecule has 0 aromatic heterocycles. The van der Waals surface area contributed by atoms with E-state index in [4.69, 9.17) is 18.9 Å². The fourth-order valence-electron chi connectivity index (χ4n) is 3.45. The molecule has 0 bridgehead atoms. The van der Waals surface area contributed by atoms with E-state index in [2.05, 4.69) is 10.6 Å². The van der Waals surface area contributed by atoms with Crippen molar-refractivity contribution in [1.29, 1.82) is 0 Å². The zero-order valence-corrected chi connectivity index (χ0v) is 18.3. The summed E-state index contributed by atoms with van der Waals surface area (Å²) in [5.74, 6) is 2.39. The van der Waals surface area contributed by atoms with Gasteiger partial charge in [-0.2, -0.15) is 0 Å². The number of hydrogen-bond donors (Lipinski definition) is 2. The SMILES string of the molecule is COc1ccc(NC(=O)c2ccc3c(c2)NC(C)(COc2ccccc2)CO3)cc1OC. The number of methoxy groups -OCH3 is 2. The predicted octanol–water partition coefficient (Wildman–Crippen LogP) is 4.60. The summed E-state index contributed by atoms with van der Waals surface area (Å²) in [5, 5.41) is 6.36. The van der Waals surface area contributed by atoms with Crippen molar-refractivity contribution in [2.45, 2.75) is 12.5 Å². The largest absolute Gasteiger partial charge is 0.493 e. The quantitative estimate of drug-likeness (QED) is 0.566. The highest BCUT2D eigenvalue weighted by atomic mass is 16.5. The summed E-state index contributed by atoms with van der Waals surface area (Å²) in [4.78, 5) is 12.8. The predicted molar refractivity (Wildman–Crippen MR) is 123 cm³/mol. The maximum Gasteiger partial charge on any atom is 0.255 e. The van der Waals surface area contributed by atoms with Crippen LogP contribution >= 0.6 is 0 Å². The van der Waals surface area contributed by atoms with Gasteiger partial charge in [-0.05, 0) is 49.4 Å². The first-order valence-corrected chi connectivity index (χ1v) is 10.3. The number of anilines is 2. The van der Waals surface area contributed by atoms with E-state index in [1.54, 1.807) is 50.6 Å². The summed E-state index contributed by atoms with van der Waals surface area (Å²) >= 11 is 0. The van der Waals surface area contributed by atoms with Crippen LogP contribution in [0.3, 0.4) is 0 Å². The molecule has 0 saturated carbocycles. The number of rotatable bonds is 7. The van der Waals surface area contributed by atoms with Crippen LogP contribution in [-0.4, -0.2) is 38.9 Å². The van der Waals surface area contributed by atoms with E-state index in [1.807, 2.05) is 37.3 Å². The van der Waals surface area contributed by atoms with Crippen molar-refractivity contribution in [3.05, 3.63) is 72.3 Å². The summed E-state index contributed by atoms with van der Waals surface area (Å²) in [6.45, 7) is 2.89. The van der Waals surface area contributed by atoms with Gasteiger partial charge in [0.1, 0.15) is 30.3 Å². The van der Waals surface area contributed by atoms with Gasteiger partial charge in [0.05, 0.1) is 19.9 Å². The molecule has 32 heavy (non-hydrogen) atoms. The Morgan fingerprint density at radius 1 is 1.03 bits per heavy atom. The molecule has 1 atom stereocenters. The molecule has 1 unspecified atom stereocenters. The molecule has 0 aliphatic carbocycles. The summed E-state index contributed by atoms with van der Waals surface area (Å²) in [6.07, 6.45) is 0. The lowest BCUT2D eigenvalue weighted by Gasteiger charge is -2.36. The molecule has 3 aromatic rings. The molecule has 1 aliphatic heterocycles. The van der Waals surface area contributed by atoms with Gasteiger partial charge >= 0.3 is 0 Å². The Hall–Kier alpha value is -3.87. The number of carbonyl (C=O) groups is 1. The summed E-state index contributed by atoms with van der Waals surface area (Å²) < 4.78 is 22.4. The van der Waals surface area contributed by atoms with Crippen LogP contribution in [0.4, 0.5) is 11.4 Å². The number of ether oxygens (including phenoxy) is 4. The van der Waals surface area contributed by atoms with Gasteiger partial charge in [0.25, 0.3) is 5.91 Å². The van der Waals surface area contributed by atoms with Gasteiger partial charge in [0, 0.05) is 17.3 Å². The van der Waals surface area contributed by atoms with Gasteiger partial charge in [-0.3, -0.25) is 4.79 Å². The minimum atomic E-state index is -0.443. The van der Waals surface area contributed by atoms with E-state index < -0.39 is 5.54 Å². The summed E-state index contributed by atoms with van der Waals surface area (Å²) in [7, 11) is 3.12. The Morgan fingerprint density at radius 3 is 2.56 bits per heavy atom. The summed E-state index contributed by atoms with van der Waals surface area (Å²) in [6, 6.07) is 20.2. The second-order valence-electron chi connectivity index (χ2n) is 7.81. The lowest BCUT2D eigenvalue weighted by molar-refractivity contribution is 0.102. The highest BCUT2D eigenvalue weighted by Gasteiger charge is 2.32. The highest BCUT2D eigenvalue weighted by molar-refractivity contribution is 6.05. The van der Waals surface area contributed by atoms with Gasteiger partial charge in [0.15, 0.2) is 11.5 Å². The van der Waals surface area contributed by atoms with Crippen molar-refractivity contribution < 1.29 is 23.7 Å². The van der Waals surface area contributed by atoms with Crippen molar-refractivity contribution >= 4 is 17.3 Å². The van der Waals surface area contributed by atoms with Crippen LogP contribution < -0.4 is 29.6 Å². The van der Waals surface area contributed by atoms with Crippen LogP contribution in [0.15, 0.2) is 66.7 Å². The van der Waals surface area contributed by atoms with Crippen LogP contribution in [0.2, 0.25) is 0 Å². The average molecular weight is 434 g/mol. The second kappa shape index (κ2) is 9.09. The third-order valence-corrected chi connectivity index (χ3v) is 5.17. The number of amides is 1. The monoisotopic (exact) mass is 434 g/mol. The molecule has 0 spiro atoms. The standard InChI is InChI=1S/C25H26N2O5/c1-25(15-31-19-7-5-4-6-8-19)16-32-21-11-9-17(13-20(21)27-25)24(28)26-18-10-12-22(29-2)23(14-18)30-3/h4-14,27H,15-16H2,1-3H3,(H,26,28). The molecule has 0 saturated heterocycles. The topological polar surface area (TPSA) is 78.1 Å². The Labute approximate surface area is 187 Å². The molecular formula is C25H26N2O5. The van der Waals surface area contributed by atoms with Crippen LogP contribution in [0, 0.1) is 0 Å². The fourth-order valence-corrected chi connectivity index (χ4v) is 3.45. The first-order valence-electron chi connectivity index (χ1n) is 10.3. The molecule has 4 rings (SSSR count). The fraction of sp³-hybridized carbons (Fsp3) is 0.240. The average Bonchev–Trinajstić information content (AvgIpc) is 2.83. The van der Waals surface area contributed by atoms with Crippen molar-refractivity contribution in [1.82, 2.24) is 0 Å². The van der Waals surface area contributed by atoms with E-state index in [9.17, 15) is 4.79 Å². The van der Waals surface area contributed by atoms with Gasteiger partial charge in [-0.15, -0.1) is 0 Å². The van der Waals surface area contributed by atoms with E-state index in [0.29, 0.717) is 41.7 Å². The van der Waals surface area contributed by atoms with Crippen molar-refractivity contribution in [2.24, 2.45) is 0 Å². The van der Waals surface area contributed by atoms with E-state index in [-0.39, 0.29) is 5.91 Å². The molecule has 166 valence electrons. The van der Waals surface area contributed by atoms with Gasteiger partial charge in [0.2, 0.25) is 0 Å². The minimum Gasteiger partial charge on any atom is -0.493 e. The molecule has 0 fully saturated rings. The van der Waals surface area contributed by atoms with Crippen LogP contribution in [0.25, 0.3) is 0 Å². The number of para-hydroxylation sites is 1. The molecular weight excluding hydrogens is 408 g/mol. The van der Waals surface area contributed by atoms with Crippen LogP contribution in [0.5, 0.6) is 23.0 Å². The van der Waals surface area contributed by atoms with Crippen LogP contribution in [0.1, 0.15) is 17.3 Å². The highest BCUT2D eigenvalue weighted by Crippen LogP contribution is 2.34. The Balaban J connectivity index is 1.46. The second-order valence-corrected chi connectivity index (χ2v) is 7.81. The number of hydrogen-bond acceptors (Lipinski definition) is 6. The zero-order chi connectivity index (χ0) is 22.6. The van der Waals surface area contributed by atoms with Crippen LogP contribution in [-0.2, 0) is 0 Å². The molecule has 2 N–H and O–H groups in total. The van der Waals surface area contributed by atoms with Crippen molar-refractivity contribution in [3.63, 3.8) is 0 Å². The maximum absolute atomic E-state index is 12.8. The maximum atomic E-state index is 12.8.